The molecule has 0 spiro atoms. The van der Waals surface area contributed by atoms with Gasteiger partial charge in [-0.05, 0) is 25.5 Å². The molecule has 2 rings (SSSR count). The molecule has 1 aromatic rings. The van der Waals surface area contributed by atoms with Crippen LogP contribution >= 0.6 is 0 Å². The number of epoxide rings is 1. The third-order valence-corrected chi connectivity index (χ3v) is 5.24. The van der Waals surface area contributed by atoms with Gasteiger partial charge in [-0.3, -0.25) is 0 Å². The van der Waals surface area contributed by atoms with Gasteiger partial charge in [0.25, 0.3) is 0 Å². The smallest absolute Gasteiger partial charge is 0.207 e. The van der Waals surface area contributed by atoms with Crippen LogP contribution in [0.3, 0.4) is 0 Å². The Morgan fingerprint density at radius 2 is 1.83 bits per heavy atom. The molecule has 0 unspecified atom stereocenters. The van der Waals surface area contributed by atoms with E-state index in [9.17, 15) is 8.42 Å². The molecule has 0 radical (unpaired) electrons. The number of rotatable bonds is 6. The van der Waals surface area contributed by atoms with Crippen LogP contribution in [0, 0.1) is 6.92 Å². The minimum absolute atomic E-state index is 0.0946. The van der Waals surface area contributed by atoms with Gasteiger partial charge < -0.3 is 4.74 Å². The molecule has 1 fully saturated rings. The summed E-state index contributed by atoms with van der Waals surface area (Å²) in [5, 5.41) is 0. The Hall–Kier alpha value is -0.870. The average Bonchev–Trinajstić information content (AvgIpc) is 3.10. The van der Waals surface area contributed by atoms with Crippen LogP contribution in [-0.2, 0) is 14.6 Å². The fraction of sp³-hybridized carbons (Fsp3) is 0.571. The number of hydrogen-bond donors (Lipinski definition) is 0. The second-order valence-electron chi connectivity index (χ2n) is 4.90. The predicted molar refractivity (Wildman–Crippen MR) is 71.2 cm³/mol. The lowest BCUT2D eigenvalue weighted by Crippen LogP contribution is -2.11. The maximum Gasteiger partial charge on any atom is 0.207 e. The molecule has 3 nitrogen and oxygen atoms in total. The summed E-state index contributed by atoms with van der Waals surface area (Å²) in [5.41, 5.74) is 0.447. The Labute approximate surface area is 109 Å². The normalized spacial score (nSPS) is 23.0. The minimum atomic E-state index is -3.29. The lowest BCUT2D eigenvalue weighted by Gasteiger charge is -2.01. The molecule has 1 aliphatic heterocycles. The van der Waals surface area contributed by atoms with Gasteiger partial charge in [-0.25, -0.2) is 8.42 Å². The maximum atomic E-state index is 12.2. The lowest BCUT2D eigenvalue weighted by atomic mass is 10.2. The summed E-state index contributed by atoms with van der Waals surface area (Å²) >= 11 is 0. The van der Waals surface area contributed by atoms with E-state index in [1.807, 2.05) is 19.1 Å². The number of aryl methyl sites for hydroxylation is 1. The molecule has 1 saturated heterocycles. The van der Waals surface area contributed by atoms with Crippen LogP contribution in [0.1, 0.15) is 38.2 Å². The number of hydrogen-bond acceptors (Lipinski definition) is 3. The van der Waals surface area contributed by atoms with Gasteiger partial charge in [-0.2, -0.15) is 0 Å². The SMILES string of the molecule is CCCCC[C@H]1O[C@H]1S(=O)(=O)c1ccc(C)cc1. The van der Waals surface area contributed by atoms with Gasteiger partial charge in [-0.15, -0.1) is 0 Å². The molecule has 100 valence electrons. The summed E-state index contributed by atoms with van der Waals surface area (Å²) in [5.74, 6) is 0. The molecule has 1 aromatic carbocycles. The number of sulfone groups is 1. The van der Waals surface area contributed by atoms with Crippen LogP contribution in [0.5, 0.6) is 0 Å². The summed E-state index contributed by atoms with van der Waals surface area (Å²) in [6.45, 7) is 4.08. The zero-order valence-electron chi connectivity index (χ0n) is 10.9. The number of benzene rings is 1. The Morgan fingerprint density at radius 1 is 1.17 bits per heavy atom. The second-order valence-corrected chi connectivity index (χ2v) is 6.92. The molecule has 0 bridgehead atoms. The highest BCUT2D eigenvalue weighted by molar-refractivity contribution is 7.92. The largest absolute Gasteiger partial charge is 0.352 e. The van der Waals surface area contributed by atoms with Crippen molar-refractivity contribution in [1.29, 1.82) is 0 Å². The minimum Gasteiger partial charge on any atom is -0.352 e. The number of ether oxygens (including phenoxy) is 1. The highest BCUT2D eigenvalue weighted by Crippen LogP contribution is 2.35. The zero-order valence-corrected chi connectivity index (χ0v) is 11.7. The second kappa shape index (κ2) is 5.41. The van der Waals surface area contributed by atoms with Crippen molar-refractivity contribution in [2.24, 2.45) is 0 Å². The van der Waals surface area contributed by atoms with Crippen LogP contribution < -0.4 is 0 Å². The van der Waals surface area contributed by atoms with E-state index < -0.39 is 15.3 Å². The monoisotopic (exact) mass is 268 g/mol. The molecule has 1 heterocycles. The topological polar surface area (TPSA) is 46.7 Å². The first-order chi connectivity index (χ1) is 8.55. The molecule has 1 aliphatic rings. The fourth-order valence-electron chi connectivity index (χ4n) is 2.06. The Kier molecular flexibility index (Phi) is 4.07. The molecule has 4 heteroatoms. The Morgan fingerprint density at radius 3 is 2.44 bits per heavy atom. The van der Waals surface area contributed by atoms with E-state index in [4.69, 9.17) is 4.74 Å². The molecular weight excluding hydrogens is 248 g/mol. The summed E-state index contributed by atoms with van der Waals surface area (Å²) in [4.78, 5) is 0.371. The van der Waals surface area contributed by atoms with Crippen molar-refractivity contribution in [2.45, 2.75) is 56.0 Å². The van der Waals surface area contributed by atoms with Crippen molar-refractivity contribution in [1.82, 2.24) is 0 Å². The van der Waals surface area contributed by atoms with Gasteiger partial charge in [0.05, 0.1) is 4.90 Å². The van der Waals surface area contributed by atoms with Crippen molar-refractivity contribution in [3.05, 3.63) is 29.8 Å². The van der Waals surface area contributed by atoms with E-state index in [0.29, 0.717) is 4.90 Å². The van der Waals surface area contributed by atoms with Crippen molar-refractivity contribution in [3.8, 4) is 0 Å². The molecule has 0 aliphatic carbocycles. The summed E-state index contributed by atoms with van der Waals surface area (Å²) < 4.78 is 29.8. The van der Waals surface area contributed by atoms with Crippen LogP contribution in [0.4, 0.5) is 0 Å². The van der Waals surface area contributed by atoms with Crippen LogP contribution in [-0.4, -0.2) is 20.0 Å². The predicted octanol–water partition coefficient (Wildman–Crippen LogP) is 3.07. The van der Waals surface area contributed by atoms with Gasteiger partial charge in [0.15, 0.2) is 5.44 Å². The molecule has 0 saturated carbocycles. The first-order valence-corrected chi connectivity index (χ1v) is 8.06. The molecule has 0 aromatic heterocycles. The molecule has 18 heavy (non-hydrogen) atoms. The summed E-state index contributed by atoms with van der Waals surface area (Å²) in [6.07, 6.45) is 4.08. The van der Waals surface area contributed by atoms with Crippen LogP contribution in [0.15, 0.2) is 29.2 Å². The van der Waals surface area contributed by atoms with E-state index in [1.54, 1.807) is 12.1 Å². The van der Waals surface area contributed by atoms with E-state index in [1.165, 1.54) is 0 Å². The van der Waals surface area contributed by atoms with Crippen molar-refractivity contribution in [3.63, 3.8) is 0 Å². The Balaban J connectivity index is 1.99. The van der Waals surface area contributed by atoms with Gasteiger partial charge in [0.2, 0.25) is 9.84 Å². The van der Waals surface area contributed by atoms with Crippen molar-refractivity contribution >= 4 is 9.84 Å². The standard InChI is InChI=1S/C14H20O3S/c1-3-4-5-6-13-14(17-13)18(15,16)12-9-7-11(2)8-10-12/h7-10,13-14H,3-6H2,1-2H3/t13-,14+/m1/s1. The van der Waals surface area contributed by atoms with Crippen molar-refractivity contribution < 1.29 is 13.2 Å². The molecule has 0 N–H and O–H groups in total. The quantitative estimate of drug-likeness (QED) is 0.588. The zero-order chi connectivity index (χ0) is 13.2. The van der Waals surface area contributed by atoms with Gasteiger partial charge in [-0.1, -0.05) is 43.9 Å². The average molecular weight is 268 g/mol. The van der Waals surface area contributed by atoms with Crippen LogP contribution in [0.25, 0.3) is 0 Å². The van der Waals surface area contributed by atoms with E-state index in [-0.39, 0.29) is 6.10 Å². The van der Waals surface area contributed by atoms with E-state index in [2.05, 4.69) is 6.92 Å². The van der Waals surface area contributed by atoms with Gasteiger partial charge in [0.1, 0.15) is 6.10 Å². The molecule has 2 atom stereocenters. The van der Waals surface area contributed by atoms with E-state index >= 15 is 0 Å². The Bertz CT molecular complexity index is 490. The van der Waals surface area contributed by atoms with E-state index in [0.717, 1.165) is 31.2 Å². The van der Waals surface area contributed by atoms with Crippen molar-refractivity contribution in [2.75, 3.05) is 0 Å². The fourth-order valence-corrected chi connectivity index (χ4v) is 3.67. The van der Waals surface area contributed by atoms with Crippen LogP contribution in [0.2, 0.25) is 0 Å². The first-order valence-electron chi connectivity index (χ1n) is 6.51. The molecular formula is C14H20O3S. The highest BCUT2D eigenvalue weighted by atomic mass is 32.2. The van der Waals surface area contributed by atoms with Gasteiger partial charge >= 0.3 is 0 Å². The maximum absolute atomic E-state index is 12.2. The first kappa shape index (κ1) is 13.6. The van der Waals surface area contributed by atoms with Gasteiger partial charge in [0, 0.05) is 0 Å². The summed E-state index contributed by atoms with van der Waals surface area (Å²) in [7, 11) is -3.29. The lowest BCUT2D eigenvalue weighted by molar-refractivity contribution is 0.378. The number of unbranched alkanes of at least 4 members (excludes halogenated alkanes) is 2. The molecule has 0 amide bonds. The highest BCUT2D eigenvalue weighted by Gasteiger charge is 2.49. The third kappa shape index (κ3) is 2.93. The third-order valence-electron chi connectivity index (χ3n) is 3.28. The summed E-state index contributed by atoms with van der Waals surface area (Å²) in [6, 6.07) is 6.97.